The van der Waals surface area contributed by atoms with Gasteiger partial charge >= 0.3 is 5.97 Å². The molecule has 0 aliphatic heterocycles. The van der Waals surface area contributed by atoms with E-state index < -0.39 is 4.93 Å². The Bertz CT molecular complexity index is 338. The lowest BCUT2D eigenvalue weighted by Gasteiger charge is -2.27. The average Bonchev–Trinajstić information content (AvgIpc) is 2.64. The maximum atomic E-state index is 12.1. The number of thioether (sulfide) groups is 1. The van der Waals surface area contributed by atoms with Crippen molar-refractivity contribution in [3.8, 4) is 0 Å². The van der Waals surface area contributed by atoms with Gasteiger partial charge in [-0.2, -0.15) is 0 Å². The summed E-state index contributed by atoms with van der Waals surface area (Å²) in [5, 5.41) is 0. The molecule has 0 aliphatic carbocycles. The fourth-order valence-corrected chi connectivity index (χ4v) is 3.75. The van der Waals surface area contributed by atoms with Crippen LogP contribution in [-0.4, -0.2) is 44.1 Å². The predicted molar refractivity (Wildman–Crippen MR) is 112 cm³/mol. The van der Waals surface area contributed by atoms with Gasteiger partial charge in [0.1, 0.15) is 4.93 Å². The monoisotopic (exact) mass is 390 g/mol. The molecule has 0 saturated carbocycles. The number of carbonyl (C=O) groups excluding carboxylic acids is 1. The Morgan fingerprint density at radius 3 is 2.00 bits per heavy atom. The molecule has 156 valence electrons. The number of unbranched alkanes of at least 4 members (excludes halogenated alkanes) is 9. The lowest BCUT2D eigenvalue weighted by molar-refractivity contribution is -0.147. The van der Waals surface area contributed by atoms with Crippen LogP contribution in [0, 0.1) is 5.92 Å². The summed E-state index contributed by atoms with van der Waals surface area (Å²) >= 11 is 1.60. The van der Waals surface area contributed by atoms with Gasteiger partial charge in [-0.25, -0.2) is 0 Å². The minimum atomic E-state index is -0.417. The second-order valence-corrected chi connectivity index (χ2v) is 8.82. The quantitative estimate of drug-likeness (QED) is 0.167. The third-order valence-electron chi connectivity index (χ3n) is 4.62. The van der Waals surface area contributed by atoms with Crippen LogP contribution in [0.2, 0.25) is 0 Å². The lowest BCUT2D eigenvalue weighted by atomic mass is 10.1. The van der Waals surface area contributed by atoms with Crippen molar-refractivity contribution >= 4 is 17.7 Å². The Labute approximate surface area is 166 Å². The normalized spacial score (nSPS) is 14.8. The molecule has 0 amide bonds. The first-order chi connectivity index (χ1) is 12.5. The second-order valence-electron chi connectivity index (χ2n) is 7.33. The largest absolute Gasteiger partial charge is 0.465 e. The van der Waals surface area contributed by atoms with Crippen molar-refractivity contribution in [1.29, 1.82) is 0 Å². The van der Waals surface area contributed by atoms with Crippen LogP contribution in [0.15, 0.2) is 0 Å². The molecule has 0 N–H and O–H groups in total. The fourth-order valence-electron chi connectivity index (χ4n) is 2.70. The van der Waals surface area contributed by atoms with Crippen LogP contribution in [0.4, 0.5) is 0 Å². The van der Waals surface area contributed by atoms with Gasteiger partial charge in [-0.1, -0.05) is 71.6 Å². The molecule has 0 aromatic heterocycles. The van der Waals surface area contributed by atoms with E-state index >= 15 is 0 Å². The SMILES string of the molecule is CCCCCCCCCCCCOC(=O)C(C)CSC(C)(COC)OC. The van der Waals surface area contributed by atoms with Crippen molar-refractivity contribution in [1.82, 2.24) is 0 Å². The van der Waals surface area contributed by atoms with Gasteiger partial charge in [-0.05, 0) is 13.3 Å². The third kappa shape index (κ3) is 13.9. The fraction of sp³-hybridized carbons (Fsp3) is 0.952. The van der Waals surface area contributed by atoms with Crippen molar-refractivity contribution in [3.63, 3.8) is 0 Å². The highest BCUT2D eigenvalue weighted by molar-refractivity contribution is 8.00. The lowest BCUT2D eigenvalue weighted by Crippen LogP contribution is -2.31. The minimum absolute atomic E-state index is 0.107. The molecule has 0 fully saturated rings. The zero-order chi connectivity index (χ0) is 19.7. The van der Waals surface area contributed by atoms with E-state index in [0.717, 1.165) is 12.8 Å². The summed E-state index contributed by atoms with van der Waals surface area (Å²) in [6.45, 7) is 7.18. The Balaban J connectivity index is 3.60. The van der Waals surface area contributed by atoms with Crippen LogP contribution in [-0.2, 0) is 19.0 Å². The summed E-state index contributed by atoms with van der Waals surface area (Å²) in [6.07, 6.45) is 12.9. The van der Waals surface area contributed by atoms with Crippen molar-refractivity contribution < 1.29 is 19.0 Å². The number of rotatable bonds is 18. The van der Waals surface area contributed by atoms with Gasteiger partial charge in [0.25, 0.3) is 0 Å². The first-order valence-corrected chi connectivity index (χ1v) is 11.3. The number of carbonyl (C=O) groups is 1. The molecule has 2 atom stereocenters. The van der Waals surface area contributed by atoms with Crippen LogP contribution < -0.4 is 0 Å². The molecule has 0 heterocycles. The van der Waals surface area contributed by atoms with Crippen LogP contribution in [0.1, 0.15) is 85.0 Å². The Kier molecular flexibility index (Phi) is 16.7. The van der Waals surface area contributed by atoms with Crippen LogP contribution in [0.5, 0.6) is 0 Å². The number of hydrogen-bond donors (Lipinski definition) is 0. The molecule has 2 unspecified atom stereocenters. The highest BCUT2D eigenvalue weighted by Crippen LogP contribution is 2.28. The first-order valence-electron chi connectivity index (χ1n) is 10.3. The number of methoxy groups -OCH3 is 2. The zero-order valence-corrected chi connectivity index (χ0v) is 18.6. The molecule has 0 bridgehead atoms. The number of esters is 1. The van der Waals surface area contributed by atoms with E-state index in [1.807, 2.05) is 13.8 Å². The molecule has 0 spiro atoms. The average molecular weight is 391 g/mol. The van der Waals surface area contributed by atoms with Gasteiger partial charge in [0.05, 0.1) is 19.1 Å². The molecule has 0 radical (unpaired) electrons. The van der Waals surface area contributed by atoms with Gasteiger partial charge in [0.2, 0.25) is 0 Å². The molecule has 0 aromatic carbocycles. The minimum Gasteiger partial charge on any atom is -0.465 e. The van der Waals surface area contributed by atoms with E-state index in [9.17, 15) is 4.79 Å². The van der Waals surface area contributed by atoms with Crippen molar-refractivity contribution in [2.24, 2.45) is 5.92 Å². The number of ether oxygens (including phenoxy) is 3. The molecule has 5 heteroatoms. The van der Waals surface area contributed by atoms with Gasteiger partial charge in [-0.3, -0.25) is 4.79 Å². The van der Waals surface area contributed by atoms with Crippen molar-refractivity contribution in [2.45, 2.75) is 89.9 Å². The molecule has 0 aliphatic rings. The standard InChI is InChI=1S/C21H42O4S/c1-6-7-8-9-10-11-12-13-14-15-16-25-20(22)19(2)17-26-21(3,24-5)18-23-4/h19H,6-18H2,1-5H3. The molecule has 0 rings (SSSR count). The van der Waals surface area contributed by atoms with Crippen LogP contribution in [0.25, 0.3) is 0 Å². The Hall–Kier alpha value is -0.260. The second kappa shape index (κ2) is 16.9. The zero-order valence-electron chi connectivity index (χ0n) is 17.8. The van der Waals surface area contributed by atoms with E-state index in [4.69, 9.17) is 14.2 Å². The Morgan fingerprint density at radius 2 is 1.50 bits per heavy atom. The van der Waals surface area contributed by atoms with Gasteiger partial charge in [-0.15, -0.1) is 11.8 Å². The topological polar surface area (TPSA) is 44.8 Å². The summed E-state index contributed by atoms with van der Waals surface area (Å²) in [6, 6.07) is 0. The smallest absolute Gasteiger partial charge is 0.309 e. The van der Waals surface area contributed by atoms with Crippen LogP contribution in [0.3, 0.4) is 0 Å². The van der Waals surface area contributed by atoms with E-state index in [1.54, 1.807) is 26.0 Å². The van der Waals surface area contributed by atoms with E-state index in [0.29, 0.717) is 19.0 Å². The molecule has 26 heavy (non-hydrogen) atoms. The molecule has 4 nitrogen and oxygen atoms in total. The molecule has 0 saturated heterocycles. The summed E-state index contributed by atoms with van der Waals surface area (Å²) in [7, 11) is 3.32. The Morgan fingerprint density at radius 1 is 0.962 bits per heavy atom. The number of hydrogen-bond acceptors (Lipinski definition) is 5. The summed E-state index contributed by atoms with van der Waals surface area (Å²) < 4.78 is 16.0. The van der Waals surface area contributed by atoms with Gasteiger partial charge < -0.3 is 14.2 Å². The highest BCUT2D eigenvalue weighted by atomic mass is 32.2. The van der Waals surface area contributed by atoms with E-state index in [1.165, 1.54) is 51.4 Å². The van der Waals surface area contributed by atoms with E-state index in [2.05, 4.69) is 6.92 Å². The highest BCUT2D eigenvalue weighted by Gasteiger charge is 2.27. The van der Waals surface area contributed by atoms with Crippen molar-refractivity contribution in [2.75, 3.05) is 33.2 Å². The van der Waals surface area contributed by atoms with Gasteiger partial charge in [0.15, 0.2) is 0 Å². The predicted octanol–water partition coefficient (Wildman–Crippen LogP) is 5.83. The summed E-state index contributed by atoms with van der Waals surface area (Å²) in [5.74, 6) is 0.434. The van der Waals surface area contributed by atoms with E-state index in [-0.39, 0.29) is 11.9 Å². The maximum absolute atomic E-state index is 12.1. The summed E-state index contributed by atoms with van der Waals surface area (Å²) in [5.41, 5.74) is 0. The molecular formula is C21H42O4S. The van der Waals surface area contributed by atoms with Crippen LogP contribution >= 0.6 is 11.8 Å². The molecule has 0 aromatic rings. The first kappa shape index (κ1) is 25.7. The maximum Gasteiger partial charge on any atom is 0.309 e. The summed E-state index contributed by atoms with van der Waals surface area (Å²) in [4.78, 5) is 11.6. The molecular weight excluding hydrogens is 348 g/mol. The van der Waals surface area contributed by atoms with Crippen molar-refractivity contribution in [3.05, 3.63) is 0 Å². The van der Waals surface area contributed by atoms with Gasteiger partial charge in [0, 0.05) is 20.0 Å². The third-order valence-corrected chi connectivity index (χ3v) is 6.18.